The zero-order valence-corrected chi connectivity index (χ0v) is 19.8. The number of hydrogen-bond donors (Lipinski definition) is 6. The summed E-state index contributed by atoms with van der Waals surface area (Å²) in [6, 6.07) is 1.98. The number of phenols is 1. The molecule has 4 rings (SSSR count). The fourth-order valence-corrected chi connectivity index (χ4v) is 5.91. The molecule has 1 fully saturated rings. The van der Waals surface area contributed by atoms with Crippen molar-refractivity contribution < 1.29 is 39.9 Å². The summed E-state index contributed by atoms with van der Waals surface area (Å²) in [6.45, 7) is 1.66. The third kappa shape index (κ3) is 3.55. The van der Waals surface area contributed by atoms with E-state index in [4.69, 9.17) is 5.73 Å². The molecule has 0 unspecified atom stereocenters. The van der Waals surface area contributed by atoms with Crippen molar-refractivity contribution in [1.29, 1.82) is 0 Å². The number of aliphatic hydroxyl groups excluding tert-OH is 3. The van der Waals surface area contributed by atoms with Gasteiger partial charge in [0.1, 0.15) is 22.8 Å². The minimum Gasteiger partial charge on any atom is -0.508 e. The van der Waals surface area contributed by atoms with Gasteiger partial charge in [-0.15, -0.1) is 0 Å². The highest BCUT2D eigenvalue weighted by atomic mass is 16.3. The number of aryl methyl sites for hydroxylation is 1. The number of benzene rings is 1. The zero-order chi connectivity index (χ0) is 26.0. The Morgan fingerprint density at radius 3 is 2.46 bits per heavy atom. The van der Waals surface area contributed by atoms with Gasteiger partial charge < -0.3 is 31.3 Å². The van der Waals surface area contributed by atoms with Gasteiger partial charge in [0.25, 0.3) is 5.91 Å². The smallest absolute Gasteiger partial charge is 0.255 e. The Bertz CT molecular complexity index is 1200. The van der Waals surface area contributed by atoms with Crippen molar-refractivity contribution in [2.75, 3.05) is 14.1 Å². The molecule has 0 saturated heterocycles. The molecule has 3 aliphatic rings. The van der Waals surface area contributed by atoms with Gasteiger partial charge in [-0.05, 0) is 69.8 Å². The normalized spacial score (nSPS) is 29.1. The summed E-state index contributed by atoms with van der Waals surface area (Å²) in [7, 11) is 3.11. The molecule has 0 radical (unpaired) electrons. The van der Waals surface area contributed by atoms with Crippen LogP contribution in [0.25, 0.3) is 5.76 Å². The van der Waals surface area contributed by atoms with E-state index in [1.807, 2.05) is 0 Å². The van der Waals surface area contributed by atoms with E-state index in [1.165, 1.54) is 11.0 Å². The monoisotopic (exact) mass is 486 g/mol. The molecule has 1 aromatic rings. The summed E-state index contributed by atoms with van der Waals surface area (Å²) >= 11 is 0. The van der Waals surface area contributed by atoms with Crippen molar-refractivity contribution >= 4 is 23.2 Å². The number of aromatic hydroxyl groups is 1. The third-order valence-corrected chi connectivity index (χ3v) is 7.53. The molecular formula is C25H30N2O8. The first-order valence-electron chi connectivity index (χ1n) is 11.5. The highest BCUT2D eigenvalue weighted by molar-refractivity contribution is 6.24. The number of fused-ring (bicyclic) bond motifs is 3. The molecule has 0 bridgehead atoms. The second-order valence-corrected chi connectivity index (χ2v) is 9.95. The topological polar surface area (TPSA) is 182 Å². The molecule has 35 heavy (non-hydrogen) atoms. The first-order chi connectivity index (χ1) is 16.3. The number of rotatable bonds is 5. The molecule has 1 amide bonds. The molecule has 1 aromatic carbocycles. The molecular weight excluding hydrogens is 456 g/mol. The number of amides is 1. The van der Waals surface area contributed by atoms with Crippen LogP contribution in [0, 0.1) is 11.8 Å². The number of aliphatic hydroxyl groups is 4. The fraction of sp³-hybridized carbons (Fsp3) is 0.480. The molecule has 0 heterocycles. The number of likely N-dealkylation sites (N-methyl/N-ethyl adjacent to an activating group) is 1. The maximum absolute atomic E-state index is 13.7. The van der Waals surface area contributed by atoms with Crippen molar-refractivity contribution in [3.05, 3.63) is 45.7 Å². The van der Waals surface area contributed by atoms with E-state index in [0.717, 1.165) is 5.56 Å². The number of ketones is 2. The summed E-state index contributed by atoms with van der Waals surface area (Å²) in [5, 5.41) is 53.8. The highest BCUT2D eigenvalue weighted by Gasteiger charge is 2.64. The van der Waals surface area contributed by atoms with Crippen LogP contribution in [-0.2, 0) is 27.2 Å². The Hall–Kier alpha value is -3.21. The number of phenolic OH excluding ortho intramolecular Hbond substituents is 1. The second-order valence-electron chi connectivity index (χ2n) is 9.95. The third-order valence-electron chi connectivity index (χ3n) is 7.53. The second kappa shape index (κ2) is 8.47. The van der Waals surface area contributed by atoms with Crippen LogP contribution in [-0.4, -0.2) is 79.7 Å². The van der Waals surface area contributed by atoms with Gasteiger partial charge in [-0.3, -0.25) is 19.3 Å². The number of carbonyl (C=O) groups excluding carboxylic acids is 3. The van der Waals surface area contributed by atoms with Gasteiger partial charge in [0.15, 0.2) is 11.4 Å². The van der Waals surface area contributed by atoms with E-state index in [0.29, 0.717) is 18.4 Å². The Labute approximate surface area is 202 Å². The highest BCUT2D eigenvalue weighted by Crippen LogP contribution is 2.53. The van der Waals surface area contributed by atoms with Gasteiger partial charge in [0, 0.05) is 11.5 Å². The minimum absolute atomic E-state index is 0.0389. The number of primary amides is 1. The molecule has 5 atom stereocenters. The zero-order valence-electron chi connectivity index (χ0n) is 19.8. The van der Waals surface area contributed by atoms with Gasteiger partial charge in [0.05, 0.1) is 17.7 Å². The van der Waals surface area contributed by atoms with E-state index in [1.54, 1.807) is 27.1 Å². The Kier molecular flexibility index (Phi) is 6.03. The predicted molar refractivity (Wildman–Crippen MR) is 124 cm³/mol. The van der Waals surface area contributed by atoms with Gasteiger partial charge in [-0.1, -0.05) is 6.07 Å². The van der Waals surface area contributed by atoms with Crippen molar-refractivity contribution in [1.82, 2.24) is 4.90 Å². The maximum Gasteiger partial charge on any atom is 0.255 e. The lowest BCUT2D eigenvalue weighted by Gasteiger charge is -2.50. The lowest BCUT2D eigenvalue weighted by Crippen LogP contribution is -2.65. The first-order valence-corrected chi connectivity index (χ1v) is 11.5. The van der Waals surface area contributed by atoms with Crippen LogP contribution in [0.3, 0.4) is 0 Å². The molecule has 10 heteroatoms. The van der Waals surface area contributed by atoms with E-state index < -0.39 is 64.1 Å². The standard InChI is InChI=1S/C25H30N2O8/c1-10(28)4-5-11-6-7-15(29)17-13(11)8-12-9-14-19(27(2)3)21(31)18(24(26)34)23(33)25(14,35)22(32)16(12)20(17)30/h6-7,10,12,14,19,28-30,33,35H,4-5,8-9H2,1-3H3,(H2,26,34)/t10-,12-,14-,19-,25-/m0/s1. The summed E-state index contributed by atoms with van der Waals surface area (Å²) < 4.78 is 0. The van der Waals surface area contributed by atoms with Crippen LogP contribution >= 0.6 is 0 Å². The molecule has 0 aliphatic heterocycles. The van der Waals surface area contributed by atoms with Crippen LogP contribution in [0.5, 0.6) is 5.75 Å². The average molecular weight is 487 g/mol. The molecule has 188 valence electrons. The largest absolute Gasteiger partial charge is 0.508 e. The average Bonchev–Trinajstić information content (AvgIpc) is 2.75. The summed E-state index contributed by atoms with van der Waals surface area (Å²) in [5.41, 5.74) is 3.12. The first kappa shape index (κ1) is 24.9. The lowest BCUT2D eigenvalue weighted by molar-refractivity contribution is -0.153. The Morgan fingerprint density at radius 2 is 1.89 bits per heavy atom. The van der Waals surface area contributed by atoms with Gasteiger partial charge in [0.2, 0.25) is 5.78 Å². The lowest BCUT2D eigenvalue weighted by atomic mass is 9.57. The summed E-state index contributed by atoms with van der Waals surface area (Å²) in [6.07, 6.45) is 0.639. The predicted octanol–water partition coefficient (Wildman–Crippen LogP) is 0.277. The number of carbonyl (C=O) groups is 3. The van der Waals surface area contributed by atoms with E-state index in [9.17, 15) is 39.9 Å². The molecule has 10 nitrogen and oxygen atoms in total. The van der Waals surface area contributed by atoms with Crippen LogP contribution in [0.2, 0.25) is 0 Å². The van der Waals surface area contributed by atoms with Crippen molar-refractivity contribution in [2.24, 2.45) is 17.6 Å². The van der Waals surface area contributed by atoms with Gasteiger partial charge in [-0.2, -0.15) is 0 Å². The number of nitrogens with zero attached hydrogens (tertiary/aromatic N) is 1. The molecule has 0 spiro atoms. The molecule has 3 aliphatic carbocycles. The van der Waals surface area contributed by atoms with Crippen LogP contribution in [0.1, 0.15) is 36.5 Å². The van der Waals surface area contributed by atoms with Crippen molar-refractivity contribution in [3.63, 3.8) is 0 Å². The van der Waals surface area contributed by atoms with Gasteiger partial charge >= 0.3 is 0 Å². The van der Waals surface area contributed by atoms with E-state index in [-0.39, 0.29) is 29.7 Å². The van der Waals surface area contributed by atoms with Crippen molar-refractivity contribution in [3.8, 4) is 5.75 Å². The van der Waals surface area contributed by atoms with E-state index >= 15 is 0 Å². The summed E-state index contributed by atoms with van der Waals surface area (Å²) in [4.78, 5) is 40.3. The minimum atomic E-state index is -2.65. The van der Waals surface area contributed by atoms with Crippen LogP contribution in [0.4, 0.5) is 0 Å². The molecule has 7 N–H and O–H groups in total. The Balaban J connectivity index is 1.92. The Morgan fingerprint density at radius 1 is 1.23 bits per heavy atom. The maximum atomic E-state index is 13.7. The summed E-state index contributed by atoms with van der Waals surface area (Å²) in [5.74, 6) is -6.70. The van der Waals surface area contributed by atoms with Crippen molar-refractivity contribution in [2.45, 2.75) is 50.4 Å². The van der Waals surface area contributed by atoms with Crippen LogP contribution < -0.4 is 5.73 Å². The fourth-order valence-electron chi connectivity index (χ4n) is 5.91. The van der Waals surface area contributed by atoms with Gasteiger partial charge in [-0.25, -0.2) is 0 Å². The number of nitrogens with two attached hydrogens (primary N) is 1. The molecule has 1 saturated carbocycles. The van der Waals surface area contributed by atoms with Crippen LogP contribution in [0.15, 0.2) is 29.0 Å². The molecule has 0 aromatic heterocycles. The SMILES string of the molecule is C[C@H](O)CCc1ccc(O)c2c1C[C@H]1C[C@H]3[C@H](N(C)C)C(=O)C(C(N)=O)=C(O)[C@@]3(O)C(=O)C1=C2O. The quantitative estimate of drug-likeness (QED) is 0.318. The number of hydrogen-bond acceptors (Lipinski definition) is 9. The van der Waals surface area contributed by atoms with E-state index in [2.05, 4.69) is 0 Å². The number of Topliss-reactive ketones (excluding diaryl/α,β-unsaturated/α-hetero) is 2.